The van der Waals surface area contributed by atoms with Gasteiger partial charge in [-0.1, -0.05) is 12.1 Å². The van der Waals surface area contributed by atoms with Crippen LogP contribution in [0.2, 0.25) is 0 Å². The van der Waals surface area contributed by atoms with Crippen LogP contribution < -0.4 is 10.9 Å². The zero-order valence-corrected chi connectivity index (χ0v) is 14.8. The lowest BCUT2D eigenvalue weighted by Crippen LogP contribution is -2.34. The minimum Gasteiger partial charge on any atom is -0.342 e. The van der Waals surface area contributed by atoms with E-state index in [1.165, 1.54) is 6.20 Å². The molecule has 0 aliphatic rings. The van der Waals surface area contributed by atoms with Gasteiger partial charge in [0.25, 0.3) is 11.5 Å². The maximum absolute atomic E-state index is 12.5. The predicted molar refractivity (Wildman–Crippen MR) is 98.9 cm³/mol. The Labute approximate surface area is 148 Å². The summed E-state index contributed by atoms with van der Waals surface area (Å²) >= 11 is 1.69. The number of fused-ring (bicyclic) bond motifs is 1. The number of H-pyrrole nitrogens is 2. The number of hydrogen-bond donors (Lipinski definition) is 3. The topological polar surface area (TPSA) is 104 Å². The molecule has 0 saturated carbocycles. The fourth-order valence-electron chi connectivity index (χ4n) is 2.53. The molecule has 8 heteroatoms. The van der Waals surface area contributed by atoms with Crippen LogP contribution in [0.5, 0.6) is 0 Å². The van der Waals surface area contributed by atoms with Crippen molar-refractivity contribution >= 4 is 28.7 Å². The summed E-state index contributed by atoms with van der Waals surface area (Å²) in [6.45, 7) is 1.67. The Morgan fingerprint density at radius 3 is 2.84 bits per heavy atom. The molecule has 0 spiro atoms. The highest BCUT2D eigenvalue weighted by atomic mass is 32.2. The Kier molecular flexibility index (Phi) is 5.18. The van der Waals surface area contributed by atoms with Gasteiger partial charge in [0.05, 0.1) is 17.1 Å². The molecule has 130 valence electrons. The number of nitrogens with zero attached hydrogens (tertiary/aromatic N) is 2. The van der Waals surface area contributed by atoms with E-state index in [1.54, 1.807) is 18.7 Å². The maximum Gasteiger partial charge on any atom is 0.263 e. The number of carbonyl (C=O) groups is 1. The number of aryl methyl sites for hydroxylation is 1. The van der Waals surface area contributed by atoms with E-state index in [0.717, 1.165) is 16.8 Å². The number of benzene rings is 1. The van der Waals surface area contributed by atoms with E-state index in [0.29, 0.717) is 18.1 Å². The molecular weight excluding hydrogens is 338 g/mol. The Hall–Kier alpha value is -2.61. The van der Waals surface area contributed by atoms with Gasteiger partial charge in [0.1, 0.15) is 17.2 Å². The zero-order chi connectivity index (χ0) is 17.8. The van der Waals surface area contributed by atoms with Gasteiger partial charge in [0.2, 0.25) is 0 Å². The molecule has 0 radical (unpaired) electrons. The molecule has 1 atom stereocenters. The second-order valence-corrected chi connectivity index (χ2v) is 6.64. The predicted octanol–water partition coefficient (Wildman–Crippen LogP) is 2.18. The van der Waals surface area contributed by atoms with Crippen LogP contribution in [-0.4, -0.2) is 37.9 Å². The molecule has 0 bridgehead atoms. The van der Waals surface area contributed by atoms with Gasteiger partial charge >= 0.3 is 0 Å². The van der Waals surface area contributed by atoms with Crippen molar-refractivity contribution in [2.45, 2.75) is 19.4 Å². The standard InChI is InChI=1S/C17H19N5O2S/c1-10-18-9-11(16(23)19-10)17(24)22-14(7-8-25-2)15-20-12-5-3-4-6-13(12)21-15/h3-6,9,14H,7-8H2,1-2H3,(H,20,21)(H,22,24)(H,18,19,23). The number of amides is 1. The van der Waals surface area contributed by atoms with Crippen molar-refractivity contribution in [2.75, 3.05) is 12.0 Å². The monoisotopic (exact) mass is 357 g/mol. The van der Waals surface area contributed by atoms with Gasteiger partial charge < -0.3 is 15.3 Å². The Morgan fingerprint density at radius 1 is 1.32 bits per heavy atom. The number of aromatic amines is 2. The molecule has 1 amide bonds. The first-order chi connectivity index (χ1) is 12.1. The first kappa shape index (κ1) is 17.2. The highest BCUT2D eigenvalue weighted by molar-refractivity contribution is 7.98. The van der Waals surface area contributed by atoms with E-state index in [4.69, 9.17) is 0 Å². The van der Waals surface area contributed by atoms with E-state index < -0.39 is 11.5 Å². The summed E-state index contributed by atoms with van der Waals surface area (Å²) in [5, 5.41) is 2.90. The van der Waals surface area contributed by atoms with E-state index in [2.05, 4.69) is 25.3 Å². The molecule has 3 rings (SSSR count). The summed E-state index contributed by atoms with van der Waals surface area (Å²) in [6, 6.07) is 7.38. The van der Waals surface area contributed by atoms with Crippen molar-refractivity contribution < 1.29 is 4.79 Å². The van der Waals surface area contributed by atoms with Crippen molar-refractivity contribution in [3.63, 3.8) is 0 Å². The van der Waals surface area contributed by atoms with Gasteiger partial charge in [-0.05, 0) is 37.5 Å². The summed E-state index contributed by atoms with van der Waals surface area (Å²) in [5.41, 5.74) is 1.31. The Morgan fingerprint density at radius 2 is 2.12 bits per heavy atom. The summed E-state index contributed by atoms with van der Waals surface area (Å²) < 4.78 is 0. The minimum atomic E-state index is -0.458. The van der Waals surface area contributed by atoms with Gasteiger partial charge in [-0.2, -0.15) is 11.8 Å². The summed E-state index contributed by atoms with van der Waals surface area (Å²) in [5.74, 6) is 1.54. The largest absolute Gasteiger partial charge is 0.342 e. The molecule has 0 fully saturated rings. The summed E-state index contributed by atoms with van der Waals surface area (Å²) in [7, 11) is 0. The van der Waals surface area contributed by atoms with Gasteiger partial charge in [0, 0.05) is 6.20 Å². The van der Waals surface area contributed by atoms with Gasteiger partial charge in [-0.3, -0.25) is 9.59 Å². The molecule has 0 aliphatic heterocycles. The van der Waals surface area contributed by atoms with Gasteiger partial charge in [-0.15, -0.1) is 0 Å². The van der Waals surface area contributed by atoms with Crippen molar-refractivity contribution in [3.8, 4) is 0 Å². The number of aromatic nitrogens is 4. The van der Waals surface area contributed by atoms with Crippen LogP contribution in [0.15, 0.2) is 35.3 Å². The third-order valence-electron chi connectivity index (χ3n) is 3.82. The molecule has 25 heavy (non-hydrogen) atoms. The number of hydrogen-bond acceptors (Lipinski definition) is 5. The molecule has 7 nitrogen and oxygen atoms in total. The molecule has 3 N–H and O–H groups in total. The third kappa shape index (κ3) is 3.90. The highest BCUT2D eigenvalue weighted by Gasteiger charge is 2.20. The Balaban J connectivity index is 1.87. The highest BCUT2D eigenvalue weighted by Crippen LogP contribution is 2.20. The normalized spacial score (nSPS) is 12.2. The van der Waals surface area contributed by atoms with E-state index in [9.17, 15) is 9.59 Å². The van der Waals surface area contributed by atoms with E-state index in [1.807, 2.05) is 30.5 Å². The maximum atomic E-state index is 12.5. The van der Waals surface area contributed by atoms with E-state index in [-0.39, 0.29) is 11.6 Å². The number of para-hydroxylation sites is 2. The van der Waals surface area contributed by atoms with Crippen LogP contribution in [0.25, 0.3) is 11.0 Å². The number of carbonyl (C=O) groups excluding carboxylic acids is 1. The number of nitrogens with one attached hydrogen (secondary N) is 3. The smallest absolute Gasteiger partial charge is 0.263 e. The van der Waals surface area contributed by atoms with Crippen LogP contribution in [-0.2, 0) is 0 Å². The van der Waals surface area contributed by atoms with Crippen LogP contribution in [0.3, 0.4) is 0 Å². The first-order valence-electron chi connectivity index (χ1n) is 7.89. The fourth-order valence-corrected chi connectivity index (χ4v) is 3.00. The Bertz CT molecular complexity index is 916. The molecule has 1 aromatic carbocycles. The molecule has 0 saturated heterocycles. The van der Waals surface area contributed by atoms with Crippen molar-refractivity contribution in [1.82, 2.24) is 25.3 Å². The molecule has 2 aromatic heterocycles. The lowest BCUT2D eigenvalue weighted by Gasteiger charge is -2.16. The van der Waals surface area contributed by atoms with Crippen LogP contribution >= 0.6 is 11.8 Å². The second kappa shape index (κ2) is 7.52. The zero-order valence-electron chi connectivity index (χ0n) is 14.0. The first-order valence-corrected chi connectivity index (χ1v) is 9.28. The average Bonchev–Trinajstić information content (AvgIpc) is 3.02. The second-order valence-electron chi connectivity index (χ2n) is 5.66. The fraction of sp³-hybridized carbons (Fsp3) is 0.294. The van der Waals surface area contributed by atoms with Crippen LogP contribution in [0.4, 0.5) is 0 Å². The molecule has 2 heterocycles. The summed E-state index contributed by atoms with van der Waals surface area (Å²) in [4.78, 5) is 38.8. The summed E-state index contributed by atoms with van der Waals surface area (Å²) in [6.07, 6.45) is 4.00. The molecule has 1 unspecified atom stereocenters. The lowest BCUT2D eigenvalue weighted by atomic mass is 10.2. The minimum absolute atomic E-state index is 0.00383. The van der Waals surface area contributed by atoms with Gasteiger partial charge in [-0.25, -0.2) is 9.97 Å². The molecule has 0 aliphatic carbocycles. The quantitative estimate of drug-likeness (QED) is 0.627. The molecular formula is C17H19N5O2S. The molecule has 3 aromatic rings. The van der Waals surface area contributed by atoms with E-state index >= 15 is 0 Å². The average molecular weight is 357 g/mol. The van der Waals surface area contributed by atoms with Crippen molar-refractivity contribution in [1.29, 1.82) is 0 Å². The number of thioether (sulfide) groups is 1. The van der Waals surface area contributed by atoms with Crippen LogP contribution in [0, 0.1) is 6.92 Å². The van der Waals surface area contributed by atoms with Crippen molar-refractivity contribution in [2.24, 2.45) is 0 Å². The number of imidazole rings is 1. The van der Waals surface area contributed by atoms with Crippen LogP contribution in [0.1, 0.15) is 34.5 Å². The SMILES string of the molecule is CSCCC(NC(=O)c1cnc(C)[nH]c1=O)c1nc2ccccc2[nH]1. The van der Waals surface area contributed by atoms with Crippen molar-refractivity contribution in [3.05, 3.63) is 58.0 Å². The lowest BCUT2D eigenvalue weighted by molar-refractivity contribution is 0.0932. The third-order valence-corrected chi connectivity index (χ3v) is 4.47. The number of rotatable bonds is 6. The van der Waals surface area contributed by atoms with Gasteiger partial charge in [0.15, 0.2) is 0 Å².